The Morgan fingerprint density at radius 2 is 1.88 bits per heavy atom. The van der Waals surface area contributed by atoms with Gasteiger partial charge in [0.05, 0.1) is 0 Å². The molecule has 0 bridgehead atoms. The van der Waals surface area contributed by atoms with Crippen LogP contribution in [0.4, 0.5) is 0 Å². The molecule has 4 N–H and O–H groups in total. The van der Waals surface area contributed by atoms with E-state index in [1.807, 2.05) is 6.92 Å². The summed E-state index contributed by atoms with van der Waals surface area (Å²) in [4.78, 5) is 0. The van der Waals surface area contributed by atoms with Gasteiger partial charge in [-0.1, -0.05) is 29.8 Å². The zero-order valence-electron chi connectivity index (χ0n) is 9.29. The van der Waals surface area contributed by atoms with Crippen molar-refractivity contribution in [3.63, 3.8) is 0 Å². The predicted molar refractivity (Wildman–Crippen MR) is 62.7 cm³/mol. The number of nitrogens with two attached hydrogens (primary N) is 1. The molecular formula is C10H17NO4S. The molecule has 0 aliphatic rings. The highest BCUT2D eigenvalue weighted by atomic mass is 32.3. The fourth-order valence-corrected chi connectivity index (χ4v) is 1.21. The molecule has 92 valence electrons. The van der Waals surface area contributed by atoms with E-state index in [9.17, 15) is 0 Å². The highest BCUT2D eigenvalue weighted by molar-refractivity contribution is 7.79. The second-order valence-corrected chi connectivity index (χ2v) is 4.51. The average molecular weight is 247 g/mol. The summed E-state index contributed by atoms with van der Waals surface area (Å²) in [6.07, 6.45) is 0.974. The van der Waals surface area contributed by atoms with Crippen molar-refractivity contribution in [1.29, 1.82) is 0 Å². The molecule has 0 heterocycles. The third-order valence-electron chi connectivity index (χ3n) is 1.64. The molecule has 0 spiro atoms. The van der Waals surface area contributed by atoms with Crippen molar-refractivity contribution in [2.75, 3.05) is 0 Å². The summed E-state index contributed by atoms with van der Waals surface area (Å²) in [6.45, 7) is 4.13. The van der Waals surface area contributed by atoms with Crippen molar-refractivity contribution in [2.24, 2.45) is 5.73 Å². The smallest absolute Gasteiger partial charge is 0.328 e. The molecule has 0 aliphatic carbocycles. The molecule has 6 heteroatoms. The Morgan fingerprint density at radius 3 is 2.25 bits per heavy atom. The molecule has 0 aliphatic heterocycles. The van der Waals surface area contributed by atoms with Gasteiger partial charge in [0.25, 0.3) is 0 Å². The topological polar surface area (TPSA) is 101 Å². The van der Waals surface area contributed by atoms with E-state index in [4.69, 9.17) is 23.3 Å². The fraction of sp³-hybridized carbons (Fsp3) is 0.400. The van der Waals surface area contributed by atoms with Crippen LogP contribution in [0.1, 0.15) is 18.1 Å². The van der Waals surface area contributed by atoms with Crippen molar-refractivity contribution < 1.29 is 17.5 Å². The van der Waals surface area contributed by atoms with Gasteiger partial charge in [0.2, 0.25) is 0 Å². The highest BCUT2D eigenvalue weighted by Crippen LogP contribution is 2.05. The van der Waals surface area contributed by atoms with E-state index in [0.717, 1.165) is 6.42 Å². The highest BCUT2D eigenvalue weighted by Gasteiger charge is 1.96. The third kappa shape index (κ3) is 11.1. The standard InChI is InChI=1S/C10H15N.H2O4S/c1-8-4-3-5-10(6-8)7-9(2)11;1-5(2,3)4/h3-6,9H,7,11H2,1-2H3;(H2,1,2,3,4). The van der Waals surface area contributed by atoms with E-state index in [1.165, 1.54) is 11.1 Å². The number of aryl methyl sites for hydroxylation is 1. The van der Waals surface area contributed by atoms with E-state index in [1.54, 1.807) is 0 Å². The molecule has 1 aromatic carbocycles. The van der Waals surface area contributed by atoms with Crippen LogP contribution in [0.3, 0.4) is 0 Å². The Kier molecular flexibility index (Phi) is 6.20. The predicted octanol–water partition coefficient (Wildman–Crippen LogP) is 1.23. The minimum absolute atomic E-state index is 0.261. The van der Waals surface area contributed by atoms with Gasteiger partial charge in [0.15, 0.2) is 0 Å². The zero-order valence-corrected chi connectivity index (χ0v) is 10.1. The summed E-state index contributed by atoms with van der Waals surface area (Å²) >= 11 is 0. The van der Waals surface area contributed by atoms with Crippen LogP contribution in [0, 0.1) is 6.92 Å². The first kappa shape index (κ1) is 15.0. The average Bonchev–Trinajstić information content (AvgIpc) is 1.98. The lowest BCUT2D eigenvalue weighted by Gasteiger charge is -2.04. The van der Waals surface area contributed by atoms with Gasteiger partial charge >= 0.3 is 10.4 Å². The van der Waals surface area contributed by atoms with E-state index in [0.29, 0.717) is 0 Å². The van der Waals surface area contributed by atoms with E-state index < -0.39 is 10.4 Å². The molecule has 0 fully saturated rings. The van der Waals surface area contributed by atoms with Crippen LogP contribution >= 0.6 is 0 Å². The van der Waals surface area contributed by atoms with Crippen LogP contribution in [-0.2, 0) is 16.8 Å². The van der Waals surface area contributed by atoms with Crippen molar-refractivity contribution in [3.05, 3.63) is 35.4 Å². The lowest BCUT2D eigenvalue weighted by Crippen LogP contribution is -2.17. The Labute approximate surface area is 95.9 Å². The van der Waals surface area contributed by atoms with Crippen LogP contribution in [0.15, 0.2) is 24.3 Å². The van der Waals surface area contributed by atoms with Gasteiger partial charge in [-0.05, 0) is 25.8 Å². The molecule has 0 aromatic heterocycles. The molecular weight excluding hydrogens is 230 g/mol. The summed E-state index contributed by atoms with van der Waals surface area (Å²) in [6, 6.07) is 8.74. The molecule has 1 atom stereocenters. The summed E-state index contributed by atoms with van der Waals surface area (Å²) < 4.78 is 31.6. The number of rotatable bonds is 2. The second kappa shape index (κ2) is 6.59. The largest absolute Gasteiger partial charge is 0.394 e. The lowest BCUT2D eigenvalue weighted by molar-refractivity contribution is 0.381. The quantitative estimate of drug-likeness (QED) is 0.682. The van der Waals surface area contributed by atoms with Gasteiger partial charge in [-0.25, -0.2) is 0 Å². The summed E-state index contributed by atoms with van der Waals surface area (Å²) in [5.74, 6) is 0. The molecule has 1 aromatic rings. The molecule has 16 heavy (non-hydrogen) atoms. The maximum absolute atomic E-state index is 8.74. The minimum Gasteiger partial charge on any atom is -0.328 e. The molecule has 5 nitrogen and oxygen atoms in total. The Hall–Kier alpha value is -0.950. The molecule has 1 rings (SSSR count). The fourth-order valence-electron chi connectivity index (χ4n) is 1.21. The first-order valence-electron chi connectivity index (χ1n) is 4.69. The summed E-state index contributed by atoms with van der Waals surface area (Å²) in [5, 5.41) is 0. The first-order valence-corrected chi connectivity index (χ1v) is 6.09. The molecule has 1 unspecified atom stereocenters. The monoisotopic (exact) mass is 247 g/mol. The van der Waals surface area contributed by atoms with Crippen molar-refractivity contribution in [1.82, 2.24) is 0 Å². The molecule has 0 saturated heterocycles. The van der Waals surface area contributed by atoms with Crippen LogP contribution in [0.2, 0.25) is 0 Å². The van der Waals surface area contributed by atoms with Gasteiger partial charge in [0.1, 0.15) is 0 Å². The van der Waals surface area contributed by atoms with Gasteiger partial charge in [0, 0.05) is 6.04 Å². The van der Waals surface area contributed by atoms with Crippen LogP contribution in [0.5, 0.6) is 0 Å². The van der Waals surface area contributed by atoms with Crippen molar-refractivity contribution in [3.8, 4) is 0 Å². The summed E-state index contributed by atoms with van der Waals surface area (Å²) in [7, 11) is -4.67. The lowest BCUT2D eigenvalue weighted by atomic mass is 10.1. The number of hydrogen-bond acceptors (Lipinski definition) is 3. The third-order valence-corrected chi connectivity index (χ3v) is 1.64. The van der Waals surface area contributed by atoms with Crippen molar-refractivity contribution >= 4 is 10.4 Å². The minimum atomic E-state index is -4.67. The van der Waals surface area contributed by atoms with Gasteiger partial charge in [-0.3, -0.25) is 9.11 Å². The van der Waals surface area contributed by atoms with E-state index in [2.05, 4.69) is 31.2 Å². The SMILES string of the molecule is Cc1cccc(CC(C)N)c1.O=S(=O)(O)O. The number of benzene rings is 1. The zero-order chi connectivity index (χ0) is 12.8. The van der Waals surface area contributed by atoms with Gasteiger partial charge in [-0.2, -0.15) is 8.42 Å². The molecule has 0 amide bonds. The molecule has 0 radical (unpaired) electrons. The van der Waals surface area contributed by atoms with Crippen LogP contribution in [0.25, 0.3) is 0 Å². The van der Waals surface area contributed by atoms with E-state index >= 15 is 0 Å². The normalized spacial score (nSPS) is 12.6. The molecule has 0 saturated carbocycles. The van der Waals surface area contributed by atoms with Crippen LogP contribution in [-0.4, -0.2) is 23.6 Å². The van der Waals surface area contributed by atoms with E-state index in [-0.39, 0.29) is 6.04 Å². The van der Waals surface area contributed by atoms with Crippen molar-refractivity contribution in [2.45, 2.75) is 26.3 Å². The number of hydrogen-bond donors (Lipinski definition) is 3. The Bertz CT molecular complexity index is 407. The Morgan fingerprint density at radius 1 is 1.38 bits per heavy atom. The maximum atomic E-state index is 8.74. The van der Waals surface area contributed by atoms with Crippen LogP contribution < -0.4 is 5.73 Å². The van der Waals surface area contributed by atoms with Gasteiger partial charge < -0.3 is 5.73 Å². The maximum Gasteiger partial charge on any atom is 0.394 e. The second-order valence-electron chi connectivity index (χ2n) is 3.62. The van der Waals surface area contributed by atoms with Gasteiger partial charge in [-0.15, -0.1) is 0 Å². The first-order chi connectivity index (χ1) is 7.18. The summed E-state index contributed by atoms with van der Waals surface area (Å²) in [5.41, 5.74) is 8.32. The Balaban J connectivity index is 0.000000385.